The molecule has 0 aliphatic carbocycles. The molecule has 0 aliphatic heterocycles. The van der Waals surface area contributed by atoms with Crippen LogP contribution in [0.2, 0.25) is 0 Å². The first kappa shape index (κ1) is 15.9. The summed E-state index contributed by atoms with van der Waals surface area (Å²) in [6.45, 7) is 2.34. The van der Waals surface area contributed by atoms with Gasteiger partial charge in [0, 0.05) is 12.1 Å². The van der Waals surface area contributed by atoms with Crippen LogP contribution in [-0.4, -0.2) is 25.4 Å². The van der Waals surface area contributed by atoms with Crippen LogP contribution in [0.1, 0.15) is 6.92 Å². The lowest BCUT2D eigenvalue weighted by molar-refractivity contribution is 0.318. The number of para-hydroxylation sites is 1. The van der Waals surface area contributed by atoms with E-state index >= 15 is 0 Å². The Kier molecular flexibility index (Phi) is 4.42. The lowest BCUT2D eigenvalue weighted by Gasteiger charge is -2.16. The summed E-state index contributed by atoms with van der Waals surface area (Å²) in [5.41, 5.74) is 0.548. The molecule has 24 heavy (non-hydrogen) atoms. The fraction of sp³-hybridized carbons (Fsp3) is 0.211. The Balaban J connectivity index is 2.40. The second-order valence-electron chi connectivity index (χ2n) is 5.19. The molecule has 0 saturated carbocycles. The number of fused-ring (bicyclic) bond motifs is 1. The Bertz CT molecular complexity index is 916. The molecule has 1 aromatic heterocycles. The van der Waals surface area contributed by atoms with Crippen LogP contribution >= 0.6 is 0 Å². The van der Waals surface area contributed by atoms with Gasteiger partial charge >= 0.3 is 0 Å². The zero-order chi connectivity index (χ0) is 17.1. The third kappa shape index (κ3) is 2.69. The number of benzene rings is 2. The summed E-state index contributed by atoms with van der Waals surface area (Å²) >= 11 is 0. The molecule has 0 radical (unpaired) electrons. The lowest BCUT2D eigenvalue weighted by Crippen LogP contribution is -2.21. The number of hydrogen-bond acceptors (Lipinski definition) is 4. The number of rotatable bonds is 5. The average molecular weight is 325 g/mol. The zero-order valence-electron chi connectivity index (χ0n) is 13.9. The van der Waals surface area contributed by atoms with Crippen LogP contribution in [0.3, 0.4) is 0 Å². The van der Waals surface area contributed by atoms with Gasteiger partial charge in [-0.3, -0.25) is 4.79 Å². The normalized spacial score (nSPS) is 10.6. The molecule has 5 heteroatoms. The summed E-state index contributed by atoms with van der Waals surface area (Å²) in [6.07, 6.45) is 0. The van der Waals surface area contributed by atoms with Crippen LogP contribution in [0, 0.1) is 0 Å². The lowest BCUT2D eigenvalue weighted by atomic mass is 10.1. The van der Waals surface area contributed by atoms with Crippen molar-refractivity contribution in [1.82, 2.24) is 4.57 Å². The molecular formula is C19H19NO4. The van der Waals surface area contributed by atoms with E-state index in [1.54, 1.807) is 23.8 Å². The zero-order valence-corrected chi connectivity index (χ0v) is 13.9. The first-order valence-corrected chi connectivity index (χ1v) is 7.69. The van der Waals surface area contributed by atoms with Crippen molar-refractivity contribution in [1.29, 1.82) is 0 Å². The molecule has 0 fully saturated rings. The summed E-state index contributed by atoms with van der Waals surface area (Å²) in [7, 11) is 3.12. The molecule has 0 saturated heterocycles. The fourth-order valence-corrected chi connectivity index (χ4v) is 2.72. The highest BCUT2D eigenvalue weighted by Crippen LogP contribution is 2.31. The minimum absolute atomic E-state index is 0.193. The van der Waals surface area contributed by atoms with Gasteiger partial charge in [-0.15, -0.1) is 0 Å². The predicted octanol–water partition coefficient (Wildman–Crippen LogP) is 3.41. The van der Waals surface area contributed by atoms with Crippen molar-refractivity contribution in [3.8, 4) is 23.1 Å². The van der Waals surface area contributed by atoms with E-state index in [0.29, 0.717) is 34.8 Å². The maximum absolute atomic E-state index is 13.2. The molecule has 0 unspecified atom stereocenters. The molecule has 0 N–H and O–H groups in total. The molecule has 3 aromatic rings. The van der Waals surface area contributed by atoms with Gasteiger partial charge in [0.25, 0.3) is 5.56 Å². The third-order valence-corrected chi connectivity index (χ3v) is 3.78. The molecule has 0 bridgehead atoms. The van der Waals surface area contributed by atoms with Gasteiger partial charge < -0.3 is 14.2 Å². The van der Waals surface area contributed by atoms with E-state index in [0.717, 1.165) is 5.69 Å². The van der Waals surface area contributed by atoms with Crippen molar-refractivity contribution >= 4 is 10.8 Å². The summed E-state index contributed by atoms with van der Waals surface area (Å²) in [6, 6.07) is 14.7. The van der Waals surface area contributed by atoms with E-state index in [-0.39, 0.29) is 5.56 Å². The van der Waals surface area contributed by atoms with Crippen molar-refractivity contribution in [3.63, 3.8) is 0 Å². The first-order valence-electron chi connectivity index (χ1n) is 7.69. The maximum Gasteiger partial charge on any atom is 0.269 e. The summed E-state index contributed by atoms with van der Waals surface area (Å²) in [5, 5.41) is 1.21. The maximum atomic E-state index is 13.2. The molecule has 2 aromatic carbocycles. The Labute approximate surface area is 140 Å². The summed E-state index contributed by atoms with van der Waals surface area (Å²) < 4.78 is 18.0. The highest BCUT2D eigenvalue weighted by atomic mass is 16.5. The smallest absolute Gasteiger partial charge is 0.269 e. The quantitative estimate of drug-likeness (QED) is 0.721. The van der Waals surface area contributed by atoms with Gasteiger partial charge in [-0.25, -0.2) is 4.57 Å². The fourth-order valence-electron chi connectivity index (χ4n) is 2.72. The SMILES string of the molecule is CCOc1cc2cc(OC)cc(OC)c2c(=O)n1-c1ccccc1. The molecular weight excluding hydrogens is 306 g/mol. The highest BCUT2D eigenvalue weighted by Gasteiger charge is 2.16. The first-order chi connectivity index (χ1) is 11.7. The molecule has 0 atom stereocenters. The minimum atomic E-state index is -0.193. The van der Waals surface area contributed by atoms with Crippen molar-refractivity contribution in [3.05, 3.63) is 58.9 Å². The van der Waals surface area contributed by atoms with Gasteiger partial charge in [0.1, 0.15) is 11.5 Å². The van der Waals surface area contributed by atoms with Gasteiger partial charge in [-0.05, 0) is 30.5 Å². The van der Waals surface area contributed by atoms with Gasteiger partial charge in [-0.1, -0.05) is 18.2 Å². The van der Waals surface area contributed by atoms with Gasteiger partial charge in [0.05, 0.1) is 31.9 Å². The van der Waals surface area contributed by atoms with Gasteiger partial charge in [-0.2, -0.15) is 0 Å². The number of ether oxygens (including phenoxy) is 3. The number of pyridine rings is 1. The average Bonchev–Trinajstić information content (AvgIpc) is 2.61. The Morgan fingerprint density at radius 2 is 1.75 bits per heavy atom. The van der Waals surface area contributed by atoms with Crippen molar-refractivity contribution in [2.24, 2.45) is 0 Å². The Hall–Kier alpha value is -2.95. The van der Waals surface area contributed by atoms with E-state index in [9.17, 15) is 4.79 Å². The number of nitrogens with zero attached hydrogens (tertiary/aromatic N) is 1. The monoisotopic (exact) mass is 325 g/mol. The minimum Gasteiger partial charge on any atom is -0.497 e. The Morgan fingerprint density at radius 1 is 1.00 bits per heavy atom. The van der Waals surface area contributed by atoms with Crippen LogP contribution in [0.25, 0.3) is 16.5 Å². The predicted molar refractivity (Wildman–Crippen MR) is 93.8 cm³/mol. The van der Waals surface area contributed by atoms with Crippen LogP contribution in [0.15, 0.2) is 53.3 Å². The molecule has 0 amide bonds. The highest BCUT2D eigenvalue weighted by molar-refractivity contribution is 5.90. The molecule has 3 rings (SSSR count). The van der Waals surface area contributed by atoms with E-state index in [1.165, 1.54) is 7.11 Å². The van der Waals surface area contributed by atoms with Crippen molar-refractivity contribution < 1.29 is 14.2 Å². The van der Waals surface area contributed by atoms with Crippen LogP contribution < -0.4 is 19.8 Å². The second kappa shape index (κ2) is 6.66. The van der Waals surface area contributed by atoms with Crippen molar-refractivity contribution in [2.75, 3.05) is 20.8 Å². The van der Waals surface area contributed by atoms with Gasteiger partial charge in [0.2, 0.25) is 5.88 Å². The second-order valence-corrected chi connectivity index (χ2v) is 5.19. The topological polar surface area (TPSA) is 49.7 Å². The molecule has 124 valence electrons. The number of methoxy groups -OCH3 is 2. The van der Waals surface area contributed by atoms with Crippen LogP contribution in [-0.2, 0) is 0 Å². The van der Waals surface area contributed by atoms with E-state index in [1.807, 2.05) is 43.3 Å². The molecule has 1 heterocycles. The summed E-state index contributed by atoms with van der Waals surface area (Å²) in [4.78, 5) is 13.2. The van der Waals surface area contributed by atoms with E-state index in [2.05, 4.69) is 0 Å². The van der Waals surface area contributed by atoms with Gasteiger partial charge in [0.15, 0.2) is 0 Å². The standard InChI is InChI=1S/C19H19NO4/c1-4-24-17-11-13-10-15(22-2)12-16(23-3)18(13)19(21)20(17)14-8-6-5-7-9-14/h5-12H,4H2,1-3H3. The Morgan fingerprint density at radius 3 is 2.38 bits per heavy atom. The summed E-state index contributed by atoms with van der Waals surface area (Å²) in [5.74, 6) is 1.58. The largest absolute Gasteiger partial charge is 0.497 e. The molecule has 5 nitrogen and oxygen atoms in total. The van der Waals surface area contributed by atoms with Crippen molar-refractivity contribution in [2.45, 2.75) is 6.92 Å². The van der Waals surface area contributed by atoms with E-state index in [4.69, 9.17) is 14.2 Å². The number of hydrogen-bond donors (Lipinski definition) is 0. The molecule has 0 aliphatic rings. The van der Waals surface area contributed by atoms with Crippen LogP contribution in [0.5, 0.6) is 17.4 Å². The van der Waals surface area contributed by atoms with E-state index < -0.39 is 0 Å². The third-order valence-electron chi connectivity index (χ3n) is 3.78. The van der Waals surface area contributed by atoms with Crippen LogP contribution in [0.4, 0.5) is 0 Å². The molecule has 0 spiro atoms. The number of aromatic nitrogens is 1.